The largest absolute Gasteiger partial charge is 0.411 e. The zero-order valence-corrected chi connectivity index (χ0v) is 12.3. The summed E-state index contributed by atoms with van der Waals surface area (Å²) in [5.74, 6) is 0. The molecule has 0 aromatic carbocycles. The molecule has 1 aromatic heterocycles. The molecule has 0 bridgehead atoms. The number of hydrogen-bond acceptors (Lipinski definition) is 4. The van der Waals surface area contributed by atoms with Crippen LogP contribution >= 0.6 is 15.9 Å². The number of nitrogens with zero attached hydrogens (tertiary/aromatic N) is 3. The lowest BCUT2D eigenvalue weighted by Gasteiger charge is -2.19. The van der Waals surface area contributed by atoms with Crippen LogP contribution in [0.15, 0.2) is 4.60 Å². The summed E-state index contributed by atoms with van der Waals surface area (Å²) in [7, 11) is 1.68. The SMILES string of the molecule is CCCNC(COCC(F)(F)F)c1c(Br)nnn1C. The van der Waals surface area contributed by atoms with E-state index in [1.54, 1.807) is 7.05 Å². The number of aromatic nitrogens is 3. The summed E-state index contributed by atoms with van der Waals surface area (Å²) in [6.07, 6.45) is -3.46. The van der Waals surface area contributed by atoms with Crippen LogP contribution in [0.25, 0.3) is 0 Å². The fourth-order valence-corrected chi connectivity index (χ4v) is 2.16. The standard InChI is InChI=1S/C10H16BrF3N4O/c1-3-4-15-7(5-19-6-10(12,13)14)8-9(11)16-17-18(8)2/h7,15H,3-6H2,1-2H3. The number of alkyl halides is 3. The fraction of sp³-hybridized carbons (Fsp3) is 0.800. The quantitative estimate of drug-likeness (QED) is 0.823. The lowest BCUT2D eigenvalue weighted by Crippen LogP contribution is -2.30. The molecular formula is C10H16BrF3N4O. The van der Waals surface area contributed by atoms with Crippen LogP contribution in [0, 0.1) is 0 Å². The normalized spacial score (nSPS) is 13.8. The maximum Gasteiger partial charge on any atom is 0.411 e. The van der Waals surface area contributed by atoms with Crippen molar-refractivity contribution >= 4 is 15.9 Å². The first-order chi connectivity index (χ1) is 8.85. The van der Waals surface area contributed by atoms with E-state index in [4.69, 9.17) is 4.74 Å². The predicted octanol–water partition coefficient (Wildman–Crippen LogP) is 2.20. The van der Waals surface area contributed by atoms with Gasteiger partial charge in [0.2, 0.25) is 0 Å². The fourth-order valence-electron chi connectivity index (χ4n) is 1.55. The summed E-state index contributed by atoms with van der Waals surface area (Å²) >= 11 is 3.23. The number of ether oxygens (including phenoxy) is 1. The molecule has 0 amide bonds. The Morgan fingerprint density at radius 1 is 1.47 bits per heavy atom. The number of aryl methyl sites for hydroxylation is 1. The van der Waals surface area contributed by atoms with Gasteiger partial charge in [-0.2, -0.15) is 13.2 Å². The molecule has 1 atom stereocenters. The molecule has 0 saturated carbocycles. The molecule has 1 rings (SSSR count). The van der Waals surface area contributed by atoms with Crippen LogP contribution in [0.2, 0.25) is 0 Å². The van der Waals surface area contributed by atoms with Crippen molar-refractivity contribution < 1.29 is 17.9 Å². The topological polar surface area (TPSA) is 52.0 Å². The van der Waals surface area contributed by atoms with E-state index in [0.717, 1.165) is 6.42 Å². The highest BCUT2D eigenvalue weighted by molar-refractivity contribution is 9.10. The third kappa shape index (κ3) is 5.45. The van der Waals surface area contributed by atoms with E-state index >= 15 is 0 Å². The Kier molecular flexibility index (Phi) is 6.21. The van der Waals surface area contributed by atoms with Gasteiger partial charge in [0, 0.05) is 7.05 Å². The molecule has 0 aliphatic heterocycles. The molecule has 0 spiro atoms. The Balaban J connectivity index is 2.67. The average Bonchev–Trinajstić information content (AvgIpc) is 2.62. The van der Waals surface area contributed by atoms with E-state index in [0.29, 0.717) is 16.8 Å². The van der Waals surface area contributed by atoms with Crippen molar-refractivity contribution in [1.29, 1.82) is 0 Å². The van der Waals surface area contributed by atoms with Crippen molar-refractivity contribution in [3.05, 3.63) is 10.3 Å². The lowest BCUT2D eigenvalue weighted by molar-refractivity contribution is -0.175. The molecule has 0 aliphatic carbocycles. The molecule has 1 unspecified atom stereocenters. The third-order valence-corrected chi connectivity index (χ3v) is 2.91. The first-order valence-corrected chi connectivity index (χ1v) is 6.57. The maximum atomic E-state index is 12.1. The Bertz CT molecular complexity index is 377. The zero-order valence-electron chi connectivity index (χ0n) is 10.7. The van der Waals surface area contributed by atoms with Crippen molar-refractivity contribution in [2.75, 3.05) is 19.8 Å². The minimum atomic E-state index is -4.32. The van der Waals surface area contributed by atoms with E-state index in [2.05, 4.69) is 31.6 Å². The molecule has 1 N–H and O–H groups in total. The Labute approximate surface area is 117 Å². The van der Waals surface area contributed by atoms with Crippen LogP contribution in [-0.4, -0.2) is 40.9 Å². The Morgan fingerprint density at radius 2 is 2.16 bits per heavy atom. The zero-order chi connectivity index (χ0) is 14.5. The summed E-state index contributed by atoms with van der Waals surface area (Å²) in [6, 6.07) is -0.392. The number of halogens is 4. The van der Waals surface area contributed by atoms with E-state index in [9.17, 15) is 13.2 Å². The van der Waals surface area contributed by atoms with Gasteiger partial charge in [0.25, 0.3) is 0 Å². The Morgan fingerprint density at radius 3 is 2.63 bits per heavy atom. The maximum absolute atomic E-state index is 12.1. The van der Waals surface area contributed by atoms with Gasteiger partial charge in [0.05, 0.1) is 18.3 Å². The molecule has 0 radical (unpaired) electrons. The first kappa shape index (κ1) is 16.4. The lowest BCUT2D eigenvalue weighted by atomic mass is 10.2. The molecule has 19 heavy (non-hydrogen) atoms. The van der Waals surface area contributed by atoms with Crippen LogP contribution in [0.4, 0.5) is 13.2 Å². The van der Waals surface area contributed by atoms with Gasteiger partial charge in [-0.15, -0.1) is 5.10 Å². The monoisotopic (exact) mass is 344 g/mol. The van der Waals surface area contributed by atoms with Gasteiger partial charge in [-0.25, -0.2) is 4.68 Å². The smallest absolute Gasteiger partial charge is 0.370 e. The predicted molar refractivity (Wildman–Crippen MR) is 66.6 cm³/mol. The molecule has 1 aromatic rings. The van der Waals surface area contributed by atoms with Crippen LogP contribution in [-0.2, 0) is 11.8 Å². The van der Waals surface area contributed by atoms with Crippen LogP contribution in [0.5, 0.6) is 0 Å². The molecule has 1 heterocycles. The van der Waals surface area contributed by atoms with Gasteiger partial charge >= 0.3 is 6.18 Å². The summed E-state index contributed by atoms with van der Waals surface area (Å²) in [5.41, 5.74) is 0.663. The van der Waals surface area contributed by atoms with Crippen LogP contribution in [0.3, 0.4) is 0 Å². The molecule has 0 saturated heterocycles. The van der Waals surface area contributed by atoms with Crippen molar-refractivity contribution in [1.82, 2.24) is 20.3 Å². The summed E-state index contributed by atoms with van der Waals surface area (Å²) < 4.78 is 42.9. The average molecular weight is 345 g/mol. The van der Waals surface area contributed by atoms with E-state index in [1.807, 2.05) is 6.92 Å². The second kappa shape index (κ2) is 7.20. The molecular weight excluding hydrogens is 329 g/mol. The molecule has 5 nitrogen and oxygen atoms in total. The van der Waals surface area contributed by atoms with Gasteiger partial charge in [-0.1, -0.05) is 12.1 Å². The summed E-state index contributed by atoms with van der Waals surface area (Å²) in [4.78, 5) is 0. The molecule has 110 valence electrons. The minimum Gasteiger partial charge on any atom is -0.370 e. The van der Waals surface area contributed by atoms with Gasteiger partial charge in [0.15, 0.2) is 4.60 Å². The van der Waals surface area contributed by atoms with Crippen molar-refractivity contribution in [3.63, 3.8) is 0 Å². The van der Waals surface area contributed by atoms with Crippen LogP contribution in [0.1, 0.15) is 25.1 Å². The van der Waals surface area contributed by atoms with Crippen molar-refractivity contribution in [2.24, 2.45) is 7.05 Å². The van der Waals surface area contributed by atoms with Gasteiger partial charge in [-0.05, 0) is 28.9 Å². The minimum absolute atomic E-state index is 0.0979. The number of hydrogen-bond donors (Lipinski definition) is 1. The van der Waals surface area contributed by atoms with Crippen LogP contribution < -0.4 is 5.32 Å². The molecule has 0 aliphatic rings. The highest BCUT2D eigenvalue weighted by Crippen LogP contribution is 2.22. The van der Waals surface area contributed by atoms with Gasteiger partial charge < -0.3 is 10.1 Å². The highest BCUT2D eigenvalue weighted by Gasteiger charge is 2.29. The second-order valence-corrected chi connectivity index (χ2v) is 4.78. The number of nitrogens with one attached hydrogen (secondary N) is 1. The molecule has 0 fully saturated rings. The summed E-state index contributed by atoms with van der Waals surface area (Å²) in [5, 5.41) is 10.7. The summed E-state index contributed by atoms with van der Waals surface area (Å²) in [6.45, 7) is 1.27. The Hall–Kier alpha value is -0.670. The van der Waals surface area contributed by atoms with E-state index in [1.165, 1.54) is 4.68 Å². The highest BCUT2D eigenvalue weighted by atomic mass is 79.9. The second-order valence-electron chi connectivity index (χ2n) is 4.03. The van der Waals surface area contributed by atoms with Crippen molar-refractivity contribution in [2.45, 2.75) is 25.6 Å². The molecule has 9 heteroatoms. The van der Waals surface area contributed by atoms with E-state index in [-0.39, 0.29) is 6.61 Å². The van der Waals surface area contributed by atoms with Crippen molar-refractivity contribution in [3.8, 4) is 0 Å². The third-order valence-electron chi connectivity index (χ3n) is 2.35. The number of rotatable bonds is 7. The van der Waals surface area contributed by atoms with Gasteiger partial charge in [0.1, 0.15) is 6.61 Å². The van der Waals surface area contributed by atoms with Gasteiger partial charge in [-0.3, -0.25) is 0 Å². The first-order valence-electron chi connectivity index (χ1n) is 5.78. The van der Waals surface area contributed by atoms with E-state index < -0.39 is 18.8 Å².